The van der Waals surface area contributed by atoms with Crippen LogP contribution in [0.15, 0.2) is 42.6 Å². The van der Waals surface area contributed by atoms with Crippen molar-refractivity contribution in [2.75, 3.05) is 18.4 Å². The van der Waals surface area contributed by atoms with Crippen LogP contribution in [-0.2, 0) is 11.3 Å². The van der Waals surface area contributed by atoms with Crippen molar-refractivity contribution in [2.45, 2.75) is 26.3 Å². The normalized spacial score (nSPS) is 15.9. The first-order valence-electron chi connectivity index (χ1n) is 9.22. The number of carbonyl (C=O) groups is 1. The minimum Gasteiger partial charge on any atom is -0.310 e. The lowest BCUT2D eigenvalue weighted by Gasteiger charge is -2.30. The monoisotopic (exact) mass is 399 g/mol. The summed E-state index contributed by atoms with van der Waals surface area (Å²) in [5.74, 6) is 0.758. The molecule has 1 amide bonds. The Morgan fingerprint density at radius 2 is 2.07 bits per heavy atom. The lowest BCUT2D eigenvalue weighted by atomic mass is 9.96. The number of aromatic nitrogens is 1. The predicted molar refractivity (Wildman–Crippen MR) is 112 cm³/mol. The molecular formula is C21H22ClN3OS. The van der Waals surface area contributed by atoms with Gasteiger partial charge in [-0.15, -0.1) is 11.3 Å². The molecule has 4 rings (SSSR count). The number of thiophene rings is 1. The number of anilines is 1. The SMILES string of the molecule is Cc1ccnc(NC(=O)C2CCN(Cc3sc4ccccc4c3Cl)CC2)c1. The van der Waals surface area contributed by atoms with Crippen LogP contribution in [0.3, 0.4) is 0 Å². The van der Waals surface area contributed by atoms with E-state index in [2.05, 4.69) is 27.3 Å². The Balaban J connectivity index is 1.34. The van der Waals surface area contributed by atoms with Gasteiger partial charge in [-0.05, 0) is 56.6 Å². The van der Waals surface area contributed by atoms with E-state index in [-0.39, 0.29) is 11.8 Å². The summed E-state index contributed by atoms with van der Waals surface area (Å²) in [6.45, 7) is 4.66. The highest BCUT2D eigenvalue weighted by molar-refractivity contribution is 7.19. The molecule has 1 aliphatic rings. The van der Waals surface area contributed by atoms with E-state index in [0.717, 1.165) is 48.4 Å². The Morgan fingerprint density at radius 1 is 1.30 bits per heavy atom. The third-order valence-corrected chi connectivity index (χ3v) is 6.79. The number of amides is 1. The van der Waals surface area contributed by atoms with E-state index in [1.165, 1.54) is 9.58 Å². The highest BCUT2D eigenvalue weighted by atomic mass is 35.5. The second kappa shape index (κ2) is 7.97. The van der Waals surface area contributed by atoms with Gasteiger partial charge in [0.25, 0.3) is 0 Å². The molecule has 1 aromatic carbocycles. The maximum atomic E-state index is 12.5. The van der Waals surface area contributed by atoms with Gasteiger partial charge in [-0.1, -0.05) is 29.8 Å². The van der Waals surface area contributed by atoms with Crippen molar-refractivity contribution in [2.24, 2.45) is 5.92 Å². The molecule has 1 aliphatic heterocycles. The van der Waals surface area contributed by atoms with Gasteiger partial charge in [0, 0.05) is 33.6 Å². The number of hydrogen-bond donors (Lipinski definition) is 1. The van der Waals surface area contributed by atoms with Crippen LogP contribution >= 0.6 is 22.9 Å². The Bertz CT molecular complexity index is 963. The molecule has 3 aromatic rings. The lowest BCUT2D eigenvalue weighted by Crippen LogP contribution is -2.37. The van der Waals surface area contributed by atoms with Gasteiger partial charge in [0.05, 0.1) is 5.02 Å². The third-order valence-electron chi connectivity index (χ3n) is 5.09. The van der Waals surface area contributed by atoms with E-state index >= 15 is 0 Å². The Hall–Kier alpha value is -1.95. The summed E-state index contributed by atoms with van der Waals surface area (Å²) in [4.78, 5) is 20.4. The van der Waals surface area contributed by atoms with Gasteiger partial charge < -0.3 is 5.32 Å². The molecule has 0 spiro atoms. The van der Waals surface area contributed by atoms with E-state index in [1.54, 1.807) is 17.5 Å². The Morgan fingerprint density at radius 3 is 2.81 bits per heavy atom. The van der Waals surface area contributed by atoms with Crippen molar-refractivity contribution in [3.8, 4) is 0 Å². The zero-order valence-electron chi connectivity index (χ0n) is 15.2. The first-order chi connectivity index (χ1) is 13.1. The molecule has 2 aromatic heterocycles. The molecule has 1 N–H and O–H groups in total. The van der Waals surface area contributed by atoms with Gasteiger partial charge in [-0.25, -0.2) is 4.98 Å². The van der Waals surface area contributed by atoms with Gasteiger partial charge in [0.1, 0.15) is 5.82 Å². The molecule has 0 aliphatic carbocycles. The summed E-state index contributed by atoms with van der Waals surface area (Å²) < 4.78 is 1.23. The molecule has 4 nitrogen and oxygen atoms in total. The maximum Gasteiger partial charge on any atom is 0.228 e. The molecule has 0 radical (unpaired) electrons. The maximum absolute atomic E-state index is 12.5. The number of pyridine rings is 1. The number of piperidine rings is 1. The molecule has 0 saturated carbocycles. The van der Waals surface area contributed by atoms with Gasteiger partial charge in [0.15, 0.2) is 0 Å². The van der Waals surface area contributed by atoms with Crippen molar-refractivity contribution in [1.29, 1.82) is 0 Å². The number of nitrogens with one attached hydrogen (secondary N) is 1. The third kappa shape index (κ3) is 4.15. The zero-order valence-corrected chi connectivity index (χ0v) is 16.8. The van der Waals surface area contributed by atoms with Crippen LogP contribution in [-0.4, -0.2) is 28.9 Å². The van der Waals surface area contributed by atoms with E-state index in [9.17, 15) is 4.79 Å². The quantitative estimate of drug-likeness (QED) is 0.663. The van der Waals surface area contributed by atoms with Crippen LogP contribution < -0.4 is 5.32 Å². The fourth-order valence-corrected chi connectivity index (χ4v) is 5.09. The number of aryl methyl sites for hydroxylation is 1. The fourth-order valence-electron chi connectivity index (χ4n) is 3.56. The number of nitrogens with zero attached hydrogens (tertiary/aromatic N) is 2. The number of halogens is 1. The molecule has 0 unspecified atom stereocenters. The zero-order chi connectivity index (χ0) is 18.8. The molecule has 0 atom stereocenters. The van der Waals surface area contributed by atoms with Crippen LogP contribution in [0.1, 0.15) is 23.3 Å². The molecule has 1 saturated heterocycles. The minimum absolute atomic E-state index is 0.0430. The number of likely N-dealkylation sites (tertiary alicyclic amines) is 1. The lowest BCUT2D eigenvalue weighted by molar-refractivity contribution is -0.121. The second-order valence-electron chi connectivity index (χ2n) is 7.09. The van der Waals surface area contributed by atoms with Crippen molar-refractivity contribution >= 4 is 44.7 Å². The summed E-state index contributed by atoms with van der Waals surface area (Å²) in [5, 5.41) is 4.97. The summed E-state index contributed by atoms with van der Waals surface area (Å²) in [6, 6.07) is 12.1. The van der Waals surface area contributed by atoms with Crippen molar-refractivity contribution in [3.63, 3.8) is 0 Å². The van der Waals surface area contributed by atoms with Gasteiger partial charge >= 0.3 is 0 Å². The second-order valence-corrected chi connectivity index (χ2v) is 8.61. The Kier molecular flexibility index (Phi) is 5.43. The van der Waals surface area contributed by atoms with Crippen molar-refractivity contribution in [1.82, 2.24) is 9.88 Å². The predicted octanol–water partition coefficient (Wildman–Crippen LogP) is 5.11. The summed E-state index contributed by atoms with van der Waals surface area (Å²) in [5.41, 5.74) is 1.09. The van der Waals surface area contributed by atoms with Crippen LogP contribution in [0.5, 0.6) is 0 Å². The largest absolute Gasteiger partial charge is 0.310 e. The average molecular weight is 400 g/mol. The number of fused-ring (bicyclic) bond motifs is 1. The van der Waals surface area contributed by atoms with Crippen molar-refractivity contribution < 1.29 is 4.79 Å². The highest BCUT2D eigenvalue weighted by Crippen LogP contribution is 2.36. The average Bonchev–Trinajstić information content (AvgIpc) is 2.98. The molecule has 140 valence electrons. The molecule has 0 bridgehead atoms. The van der Waals surface area contributed by atoms with Gasteiger partial charge in [-0.3, -0.25) is 9.69 Å². The molecule has 6 heteroatoms. The van der Waals surface area contributed by atoms with Crippen LogP contribution in [0.4, 0.5) is 5.82 Å². The van der Waals surface area contributed by atoms with E-state index in [1.807, 2.05) is 31.2 Å². The van der Waals surface area contributed by atoms with Crippen LogP contribution in [0.25, 0.3) is 10.1 Å². The highest BCUT2D eigenvalue weighted by Gasteiger charge is 2.26. The van der Waals surface area contributed by atoms with Crippen molar-refractivity contribution in [3.05, 3.63) is 58.1 Å². The smallest absolute Gasteiger partial charge is 0.228 e. The number of benzene rings is 1. The van der Waals surface area contributed by atoms with Crippen LogP contribution in [0.2, 0.25) is 5.02 Å². The van der Waals surface area contributed by atoms with E-state index in [4.69, 9.17) is 11.6 Å². The molecular weight excluding hydrogens is 378 g/mol. The number of carbonyl (C=O) groups excluding carboxylic acids is 1. The number of rotatable bonds is 4. The van der Waals surface area contributed by atoms with Gasteiger partial charge in [-0.2, -0.15) is 0 Å². The van der Waals surface area contributed by atoms with Crippen LogP contribution in [0, 0.1) is 12.8 Å². The summed E-state index contributed by atoms with van der Waals surface area (Å²) >= 11 is 8.34. The Labute approximate surface area is 168 Å². The topological polar surface area (TPSA) is 45.2 Å². The standard InChI is InChI=1S/C21H22ClN3OS/c1-14-6-9-23-19(12-14)24-21(26)15-7-10-25(11-8-15)13-18-20(22)16-4-2-3-5-17(16)27-18/h2-6,9,12,15H,7-8,10-11,13H2,1H3,(H,23,24,26). The summed E-state index contributed by atoms with van der Waals surface area (Å²) in [6.07, 6.45) is 3.45. The molecule has 1 fully saturated rings. The van der Waals surface area contributed by atoms with E-state index < -0.39 is 0 Å². The first-order valence-corrected chi connectivity index (χ1v) is 10.4. The van der Waals surface area contributed by atoms with Gasteiger partial charge in [0.2, 0.25) is 5.91 Å². The minimum atomic E-state index is 0.0430. The molecule has 27 heavy (non-hydrogen) atoms. The summed E-state index contributed by atoms with van der Waals surface area (Å²) in [7, 11) is 0. The van der Waals surface area contributed by atoms with E-state index in [0.29, 0.717) is 5.82 Å². The molecule has 3 heterocycles. The number of hydrogen-bond acceptors (Lipinski definition) is 4. The fraction of sp³-hybridized carbons (Fsp3) is 0.333. The first kappa shape index (κ1) is 18.4.